The first-order valence-electron chi connectivity index (χ1n) is 20.1. The van der Waals surface area contributed by atoms with Gasteiger partial charge in [-0.2, -0.15) is 26.9 Å². The van der Waals surface area contributed by atoms with Gasteiger partial charge < -0.3 is 40.4 Å². The molecule has 2 amide bonds. The molecular formula is C46H50ClCoN8O10-2. The summed E-state index contributed by atoms with van der Waals surface area (Å²) < 4.78 is 34.0. The minimum Gasteiger partial charge on any atom is -0.662 e. The Bertz CT molecular complexity index is 2450. The van der Waals surface area contributed by atoms with Crippen molar-refractivity contribution in [2.75, 3.05) is 39.3 Å². The number of rotatable bonds is 15. The van der Waals surface area contributed by atoms with Gasteiger partial charge in [-0.05, 0) is 102 Å². The van der Waals surface area contributed by atoms with Gasteiger partial charge in [-0.1, -0.05) is 36.4 Å². The van der Waals surface area contributed by atoms with Gasteiger partial charge in [-0.15, -0.1) is 23.3 Å². The molecule has 6 aromatic rings. The number of fused-ring (bicyclic) bond motifs is 4. The molecular weight excluding hydrogens is 919 g/mol. The van der Waals surface area contributed by atoms with Crippen molar-refractivity contribution in [2.24, 2.45) is 0 Å². The Kier molecular flexibility index (Phi) is 22.8. The molecule has 0 atom stereocenters. The molecule has 0 aliphatic carbocycles. The van der Waals surface area contributed by atoms with Crippen molar-refractivity contribution in [2.45, 2.75) is 55.4 Å². The number of ketones is 4. The Hall–Kier alpha value is -6.00. The number of nitrogens with zero attached hydrogens (tertiary/aromatic N) is 6. The van der Waals surface area contributed by atoms with Crippen LogP contribution >= 0.6 is 0 Å². The van der Waals surface area contributed by atoms with Crippen molar-refractivity contribution in [1.82, 2.24) is 30.6 Å². The topological polar surface area (TPSA) is 298 Å². The summed E-state index contributed by atoms with van der Waals surface area (Å²) in [6, 6.07) is 22.6. The third-order valence-electron chi connectivity index (χ3n) is 9.52. The fraction of sp³-hybridized carbons (Fsp3) is 0.304. The average Bonchev–Trinajstić information content (AvgIpc) is 3.24. The summed E-state index contributed by atoms with van der Waals surface area (Å²) in [5.74, 6) is -0.317. The van der Waals surface area contributed by atoms with Crippen molar-refractivity contribution in [3.05, 3.63) is 118 Å². The van der Waals surface area contributed by atoms with Crippen molar-refractivity contribution >= 4 is 79.1 Å². The summed E-state index contributed by atoms with van der Waals surface area (Å²) in [7, 11) is -4.94. The van der Waals surface area contributed by atoms with Gasteiger partial charge in [-0.3, -0.25) is 21.4 Å². The SMILES string of the molecule is CC(=O)[C-](C)C(C)=O.CC(=O)[C-](C)C(C)=O.Cc1cccc2nc3cccc(C(=O)NCC[N-]CC[N-]CCNC(=O)c4cccc5nc6cccc(C)c6nc45)c3nc12.[Co+3].[O-][Cl+3]([O-])([O-])[O-]. The van der Waals surface area contributed by atoms with Crippen LogP contribution in [0.25, 0.3) is 54.8 Å². The molecule has 2 aromatic heterocycles. The molecule has 66 heavy (non-hydrogen) atoms. The van der Waals surface area contributed by atoms with Crippen LogP contribution in [0.2, 0.25) is 0 Å². The molecule has 0 aliphatic rings. The zero-order valence-corrected chi connectivity index (χ0v) is 39.4. The Morgan fingerprint density at radius 1 is 0.500 bits per heavy atom. The number of aryl methyl sites for hydroxylation is 2. The number of Topliss-reactive ketones (excluding diaryl/α,β-unsaturated/α-hetero) is 4. The van der Waals surface area contributed by atoms with E-state index in [9.17, 15) is 28.8 Å². The van der Waals surface area contributed by atoms with Crippen LogP contribution in [0, 0.1) is 35.9 Å². The fourth-order valence-electron chi connectivity index (χ4n) is 5.63. The first kappa shape index (κ1) is 56.1. The largest absolute Gasteiger partial charge is 3.00 e. The summed E-state index contributed by atoms with van der Waals surface area (Å²) in [5.41, 5.74) is 8.79. The average molecular weight is 969 g/mol. The normalized spacial score (nSPS) is 10.5. The maximum Gasteiger partial charge on any atom is 3.00 e. The number of benzene rings is 4. The number of para-hydroxylation sites is 4. The Morgan fingerprint density at radius 2 is 0.788 bits per heavy atom. The van der Waals surface area contributed by atoms with E-state index in [4.69, 9.17) is 28.6 Å². The molecule has 0 radical (unpaired) electrons. The van der Waals surface area contributed by atoms with Crippen LogP contribution in [0.5, 0.6) is 0 Å². The van der Waals surface area contributed by atoms with E-state index in [2.05, 4.69) is 31.2 Å². The number of carbonyl (C=O) groups excluding carboxylic acids is 6. The molecule has 4 aromatic carbocycles. The summed E-state index contributed by atoms with van der Waals surface area (Å²) in [5, 5.41) is 14.8. The second-order valence-electron chi connectivity index (χ2n) is 14.4. The van der Waals surface area contributed by atoms with Gasteiger partial charge in [0.1, 0.15) is 11.0 Å². The zero-order chi connectivity index (χ0) is 48.4. The maximum absolute atomic E-state index is 12.9. The molecule has 0 bridgehead atoms. The predicted molar refractivity (Wildman–Crippen MR) is 235 cm³/mol. The summed E-state index contributed by atoms with van der Waals surface area (Å²) >= 11 is 0. The van der Waals surface area contributed by atoms with E-state index in [-0.39, 0.29) is 51.7 Å². The number of hydrogen-bond acceptors (Lipinski definition) is 14. The molecule has 0 saturated heterocycles. The number of amides is 2. The van der Waals surface area contributed by atoms with Gasteiger partial charge in [0.05, 0.1) is 44.2 Å². The molecule has 2 N–H and O–H groups in total. The molecule has 2 heterocycles. The van der Waals surface area contributed by atoms with E-state index < -0.39 is 10.2 Å². The second-order valence-corrected chi connectivity index (χ2v) is 15.1. The summed E-state index contributed by atoms with van der Waals surface area (Å²) in [6.45, 7) is 15.4. The van der Waals surface area contributed by atoms with E-state index in [1.165, 1.54) is 41.5 Å². The molecule has 18 nitrogen and oxygen atoms in total. The number of hydrogen-bond donors (Lipinski definition) is 2. The van der Waals surface area contributed by atoms with Crippen molar-refractivity contribution < 1.29 is 74.4 Å². The Labute approximate surface area is 394 Å². The summed E-state index contributed by atoms with van der Waals surface area (Å²) in [6.07, 6.45) is 0. The molecule has 0 fully saturated rings. The van der Waals surface area contributed by atoms with Crippen LogP contribution in [0.3, 0.4) is 0 Å². The van der Waals surface area contributed by atoms with Crippen molar-refractivity contribution in [3.63, 3.8) is 0 Å². The van der Waals surface area contributed by atoms with E-state index in [1.807, 2.05) is 74.5 Å². The van der Waals surface area contributed by atoms with Crippen molar-refractivity contribution in [3.8, 4) is 0 Å². The van der Waals surface area contributed by atoms with E-state index in [1.54, 1.807) is 12.1 Å². The van der Waals surface area contributed by atoms with E-state index in [0.29, 0.717) is 84.3 Å². The Morgan fingerprint density at radius 3 is 1.08 bits per heavy atom. The van der Waals surface area contributed by atoms with Crippen LogP contribution in [0.4, 0.5) is 0 Å². The molecule has 20 heteroatoms. The molecule has 6 rings (SSSR count). The van der Waals surface area contributed by atoms with Gasteiger partial charge in [0.15, 0.2) is 0 Å². The quantitative estimate of drug-likeness (QED) is 0.0646. The standard InChI is InChI=1S/C34H32N8O2.2C6H9O2.ClHO4.Co/c1-21-7-3-11-25-29(21)41-31-23(9-5-13-27(31)39-25)33(43)37-19-17-35-15-16-36-18-20-38-34(44)24-10-6-14-28-32(24)42-30-22(2)8-4-12-26(30)40-28;2*1-4(5(2)7)6(3)8;2-1(3,4)5;/h3-14H,15-20H2,1-2H3,(H,37,43)(H,38,44);2*1-3H3;(H,2,3,4,5);/q-2;2*-1;;+3/p-1. The van der Waals surface area contributed by atoms with Crippen LogP contribution in [-0.4, -0.2) is 94.2 Å². The molecule has 352 valence electrons. The number of carbonyl (C=O) groups is 6. The smallest absolute Gasteiger partial charge is 0.662 e. The van der Waals surface area contributed by atoms with Crippen LogP contribution < -0.4 is 29.3 Å². The minimum absolute atomic E-state index is 0. The van der Waals surface area contributed by atoms with Crippen LogP contribution in [-0.2, 0) is 36.0 Å². The molecule has 0 saturated carbocycles. The monoisotopic (exact) mass is 968 g/mol. The van der Waals surface area contributed by atoms with Crippen molar-refractivity contribution in [1.29, 1.82) is 0 Å². The van der Waals surface area contributed by atoms with E-state index >= 15 is 0 Å². The minimum atomic E-state index is -4.94. The Balaban J connectivity index is 0.000000566. The van der Waals surface area contributed by atoms with E-state index in [0.717, 1.165) is 33.2 Å². The predicted octanol–water partition coefficient (Wildman–Crippen LogP) is 2.16. The van der Waals surface area contributed by atoms with Gasteiger partial charge in [0.2, 0.25) is 0 Å². The molecule has 0 unspecified atom stereocenters. The maximum atomic E-state index is 12.9. The third-order valence-corrected chi connectivity index (χ3v) is 9.52. The van der Waals surface area contributed by atoms with Crippen LogP contribution in [0.1, 0.15) is 73.4 Å². The molecule has 0 aliphatic heterocycles. The fourth-order valence-corrected chi connectivity index (χ4v) is 5.63. The third kappa shape index (κ3) is 17.8. The van der Waals surface area contributed by atoms with Crippen LogP contribution in [0.15, 0.2) is 72.8 Å². The summed E-state index contributed by atoms with van der Waals surface area (Å²) in [4.78, 5) is 86.0. The first-order valence-corrected chi connectivity index (χ1v) is 21.3. The van der Waals surface area contributed by atoms with Gasteiger partial charge in [-0.25, -0.2) is 38.6 Å². The van der Waals surface area contributed by atoms with Gasteiger partial charge >= 0.3 is 16.8 Å². The van der Waals surface area contributed by atoms with Gasteiger partial charge in [0.25, 0.3) is 11.8 Å². The number of aromatic nitrogens is 4. The zero-order valence-electron chi connectivity index (χ0n) is 37.6. The second kappa shape index (κ2) is 26.8. The number of nitrogens with one attached hydrogen (secondary N) is 2. The van der Waals surface area contributed by atoms with Gasteiger partial charge in [0, 0.05) is 23.1 Å². The molecule has 0 spiro atoms. The first-order chi connectivity index (χ1) is 30.6. The number of halogens is 1.